The van der Waals surface area contributed by atoms with Crippen LogP contribution in [0.15, 0.2) is 0 Å². The van der Waals surface area contributed by atoms with Gasteiger partial charge in [0.25, 0.3) is 0 Å². The molecule has 0 saturated carbocycles. The molecule has 174 valence electrons. The van der Waals surface area contributed by atoms with E-state index in [0.29, 0.717) is 19.4 Å². The summed E-state index contributed by atoms with van der Waals surface area (Å²) in [6, 6.07) is -0.127. The number of carbonyl (C=O) groups is 2. The minimum absolute atomic E-state index is 0.00211. The molecule has 0 spiro atoms. The number of nitrogens with zero attached hydrogens (tertiary/aromatic N) is 2. The van der Waals surface area contributed by atoms with E-state index in [4.69, 9.17) is 0 Å². The van der Waals surface area contributed by atoms with Crippen molar-refractivity contribution in [3.8, 4) is 0 Å². The van der Waals surface area contributed by atoms with Crippen LogP contribution in [0.2, 0.25) is 0 Å². The second kappa shape index (κ2) is 11.1. The average molecular weight is 423 g/mol. The highest BCUT2D eigenvalue weighted by molar-refractivity contribution is 6.03. The Kier molecular flexibility index (Phi) is 9.35. The molecule has 0 aliphatic carbocycles. The number of imide groups is 1. The van der Waals surface area contributed by atoms with Crippen molar-refractivity contribution >= 4 is 11.8 Å². The standard InChI is InChI=1S/C25H46N2O3/c1-6-7-8-9-10-11-12-13-14-15-16-21-19-23(28)26(24(21)29)22-17-18-27(5,30)25(3,4)20(22)2/h20-22H,6-19H2,1-5H3. The molecule has 4 atom stereocenters. The molecule has 0 bridgehead atoms. The zero-order valence-corrected chi connectivity index (χ0v) is 20.3. The van der Waals surface area contributed by atoms with Crippen LogP contribution in [-0.4, -0.2) is 46.5 Å². The van der Waals surface area contributed by atoms with Crippen molar-refractivity contribution in [2.24, 2.45) is 11.8 Å². The molecular formula is C25H46N2O3. The van der Waals surface area contributed by atoms with Crippen molar-refractivity contribution in [1.29, 1.82) is 0 Å². The summed E-state index contributed by atoms with van der Waals surface area (Å²) in [7, 11) is 1.72. The molecule has 2 aliphatic heterocycles. The topological polar surface area (TPSA) is 60.4 Å². The van der Waals surface area contributed by atoms with E-state index in [1.807, 2.05) is 20.8 Å². The lowest BCUT2D eigenvalue weighted by Gasteiger charge is -2.59. The molecule has 4 unspecified atom stereocenters. The van der Waals surface area contributed by atoms with Gasteiger partial charge in [-0.25, -0.2) is 0 Å². The summed E-state index contributed by atoms with van der Waals surface area (Å²) in [5.74, 6) is -0.146. The largest absolute Gasteiger partial charge is 0.633 e. The van der Waals surface area contributed by atoms with Gasteiger partial charge < -0.3 is 9.85 Å². The van der Waals surface area contributed by atoms with Crippen LogP contribution in [0, 0.1) is 17.0 Å². The number of unbranched alkanes of at least 4 members (excludes halogenated alkanes) is 9. The zero-order valence-electron chi connectivity index (χ0n) is 20.3. The van der Waals surface area contributed by atoms with Gasteiger partial charge in [0, 0.05) is 24.7 Å². The highest BCUT2D eigenvalue weighted by Crippen LogP contribution is 2.41. The molecule has 0 aromatic heterocycles. The van der Waals surface area contributed by atoms with Crippen molar-refractivity contribution < 1.29 is 14.2 Å². The molecule has 0 N–H and O–H groups in total. The first-order chi connectivity index (χ1) is 14.1. The highest BCUT2D eigenvalue weighted by atomic mass is 16.5. The Morgan fingerprint density at radius 3 is 2.10 bits per heavy atom. The Labute approximate surface area is 184 Å². The fraction of sp³-hybridized carbons (Fsp3) is 0.920. The van der Waals surface area contributed by atoms with Crippen LogP contribution in [0.3, 0.4) is 0 Å². The number of quaternary nitrogens is 1. The minimum atomic E-state index is -0.502. The number of rotatable bonds is 12. The second-order valence-corrected chi connectivity index (χ2v) is 10.6. The summed E-state index contributed by atoms with van der Waals surface area (Å²) in [5.41, 5.74) is -0.502. The molecule has 2 amide bonds. The molecule has 5 heteroatoms. The molecule has 0 radical (unpaired) electrons. The smallest absolute Gasteiger partial charge is 0.233 e. The van der Waals surface area contributed by atoms with Crippen LogP contribution in [0.25, 0.3) is 0 Å². The van der Waals surface area contributed by atoms with Crippen LogP contribution in [-0.2, 0) is 9.59 Å². The first-order valence-corrected chi connectivity index (χ1v) is 12.6. The summed E-state index contributed by atoms with van der Waals surface area (Å²) in [6.45, 7) is 8.70. The molecule has 0 aromatic rings. The van der Waals surface area contributed by atoms with Gasteiger partial charge in [-0.3, -0.25) is 14.5 Å². The summed E-state index contributed by atoms with van der Waals surface area (Å²) in [5, 5.41) is 12.8. The predicted octanol–water partition coefficient (Wildman–Crippen LogP) is 5.80. The third-order valence-electron chi connectivity index (χ3n) is 8.28. The molecule has 5 nitrogen and oxygen atoms in total. The van der Waals surface area contributed by atoms with Gasteiger partial charge in [0.1, 0.15) is 0 Å². The number of hydrogen-bond acceptors (Lipinski definition) is 3. The lowest BCUT2D eigenvalue weighted by atomic mass is 9.76. The Balaban J connectivity index is 1.74. The van der Waals surface area contributed by atoms with E-state index in [9.17, 15) is 14.8 Å². The highest BCUT2D eigenvalue weighted by Gasteiger charge is 2.53. The lowest BCUT2D eigenvalue weighted by molar-refractivity contribution is -0.921. The van der Waals surface area contributed by atoms with Crippen LogP contribution >= 0.6 is 0 Å². The Morgan fingerprint density at radius 1 is 1.00 bits per heavy atom. The van der Waals surface area contributed by atoms with Crippen LogP contribution < -0.4 is 0 Å². The predicted molar refractivity (Wildman–Crippen MR) is 122 cm³/mol. The maximum Gasteiger partial charge on any atom is 0.233 e. The van der Waals surface area contributed by atoms with Gasteiger partial charge in [0.2, 0.25) is 11.8 Å². The third-order valence-corrected chi connectivity index (χ3v) is 8.28. The van der Waals surface area contributed by atoms with Crippen molar-refractivity contribution in [2.45, 2.75) is 123 Å². The first-order valence-electron chi connectivity index (χ1n) is 12.6. The van der Waals surface area contributed by atoms with Crippen molar-refractivity contribution in [3.63, 3.8) is 0 Å². The van der Waals surface area contributed by atoms with E-state index >= 15 is 0 Å². The van der Waals surface area contributed by atoms with Gasteiger partial charge in [-0.1, -0.05) is 78.1 Å². The van der Waals surface area contributed by atoms with Gasteiger partial charge >= 0.3 is 0 Å². The maximum atomic E-state index is 13.0. The molecular weight excluding hydrogens is 376 g/mol. The van der Waals surface area contributed by atoms with E-state index in [-0.39, 0.29) is 34.3 Å². The molecule has 2 saturated heterocycles. The fourth-order valence-electron chi connectivity index (χ4n) is 5.34. The quantitative estimate of drug-likeness (QED) is 0.173. The summed E-state index contributed by atoms with van der Waals surface area (Å²) >= 11 is 0. The van der Waals surface area contributed by atoms with Crippen molar-refractivity contribution in [2.75, 3.05) is 13.6 Å². The van der Waals surface area contributed by atoms with Gasteiger partial charge in [0.15, 0.2) is 0 Å². The number of carbonyl (C=O) groups excluding carboxylic acids is 2. The first kappa shape index (κ1) is 25.3. The van der Waals surface area contributed by atoms with Crippen molar-refractivity contribution in [1.82, 2.24) is 4.90 Å². The number of hydrogen-bond donors (Lipinski definition) is 0. The van der Waals surface area contributed by atoms with Crippen molar-refractivity contribution in [3.05, 3.63) is 5.21 Å². The van der Waals surface area contributed by atoms with E-state index in [0.717, 1.165) is 19.3 Å². The monoisotopic (exact) mass is 422 g/mol. The van der Waals surface area contributed by atoms with Gasteiger partial charge in [-0.05, 0) is 20.3 Å². The van der Waals surface area contributed by atoms with Gasteiger partial charge in [-0.15, -0.1) is 0 Å². The van der Waals surface area contributed by atoms with Gasteiger partial charge in [0.05, 0.1) is 25.2 Å². The number of hydroxylamine groups is 3. The number of likely N-dealkylation sites (tertiary alicyclic amines) is 2. The Bertz CT molecular complexity index is 573. The third kappa shape index (κ3) is 5.85. The maximum absolute atomic E-state index is 13.0. The molecule has 2 aliphatic rings. The Morgan fingerprint density at radius 2 is 1.53 bits per heavy atom. The molecule has 2 rings (SSSR count). The fourth-order valence-corrected chi connectivity index (χ4v) is 5.34. The minimum Gasteiger partial charge on any atom is -0.633 e. The van der Waals surface area contributed by atoms with Crippen LogP contribution in [0.4, 0.5) is 0 Å². The molecule has 0 aromatic carbocycles. The van der Waals surface area contributed by atoms with E-state index < -0.39 is 5.54 Å². The molecule has 30 heavy (non-hydrogen) atoms. The summed E-state index contributed by atoms with van der Waals surface area (Å²) in [4.78, 5) is 27.3. The van der Waals surface area contributed by atoms with Crippen LogP contribution in [0.1, 0.15) is 111 Å². The molecule has 2 fully saturated rings. The number of piperidine rings is 1. The average Bonchev–Trinajstić information content (AvgIpc) is 2.96. The van der Waals surface area contributed by atoms with E-state index in [1.165, 1.54) is 51.4 Å². The SMILES string of the molecule is CCCCCCCCCCCCC1CC(=O)N(C2CC[N+](C)([O-])C(C)(C)C2C)C1=O. The zero-order chi connectivity index (χ0) is 22.4. The summed E-state index contributed by atoms with van der Waals surface area (Å²) in [6.07, 6.45) is 14.6. The normalized spacial score (nSPS) is 31.5. The summed E-state index contributed by atoms with van der Waals surface area (Å²) < 4.78 is -0.303. The van der Waals surface area contributed by atoms with E-state index in [1.54, 1.807) is 11.9 Å². The number of amides is 2. The Hall–Kier alpha value is -0.940. The lowest BCUT2D eigenvalue weighted by Crippen LogP contribution is -2.67. The van der Waals surface area contributed by atoms with Crippen LogP contribution in [0.5, 0.6) is 0 Å². The van der Waals surface area contributed by atoms with Gasteiger partial charge in [-0.2, -0.15) is 0 Å². The van der Waals surface area contributed by atoms with E-state index in [2.05, 4.69) is 6.92 Å². The second-order valence-electron chi connectivity index (χ2n) is 10.6. The molecule has 2 heterocycles.